The van der Waals surface area contributed by atoms with Crippen LogP contribution < -0.4 is 10.9 Å². The summed E-state index contributed by atoms with van der Waals surface area (Å²) in [4.78, 5) is 32.4. The van der Waals surface area contributed by atoms with Crippen LogP contribution >= 0.6 is 22.9 Å². The highest BCUT2D eigenvalue weighted by molar-refractivity contribution is 7.09. The maximum Gasteiger partial charge on any atom is 0.407 e. The Morgan fingerprint density at radius 3 is 2.70 bits per heavy atom. The van der Waals surface area contributed by atoms with Crippen LogP contribution in [0, 0.1) is 0 Å². The normalized spacial score (nSPS) is 16.8. The number of nitrogens with one attached hydrogen (secondary N) is 2. The summed E-state index contributed by atoms with van der Waals surface area (Å²) in [6.07, 6.45) is 1.56. The van der Waals surface area contributed by atoms with Crippen molar-refractivity contribution in [3.8, 4) is 0 Å². The minimum atomic E-state index is -0.924. The van der Waals surface area contributed by atoms with Gasteiger partial charge in [-0.05, 0) is 41.8 Å². The molecular formula is C24H21ClN4O3S. The maximum absolute atomic E-state index is 12.3. The van der Waals surface area contributed by atoms with Crippen molar-refractivity contribution >= 4 is 45.6 Å². The van der Waals surface area contributed by atoms with Crippen LogP contribution in [0.5, 0.6) is 0 Å². The van der Waals surface area contributed by atoms with Crippen molar-refractivity contribution in [1.82, 2.24) is 14.9 Å². The summed E-state index contributed by atoms with van der Waals surface area (Å²) in [6, 6.07) is 15.2. The van der Waals surface area contributed by atoms with Crippen LogP contribution in [0.4, 0.5) is 10.5 Å². The lowest BCUT2D eigenvalue weighted by atomic mass is 9.90. The number of carbonyl (C=O) groups is 1. The van der Waals surface area contributed by atoms with Gasteiger partial charge in [-0.3, -0.25) is 4.79 Å². The molecule has 0 spiro atoms. The van der Waals surface area contributed by atoms with Gasteiger partial charge in [-0.1, -0.05) is 29.8 Å². The van der Waals surface area contributed by atoms with Crippen molar-refractivity contribution in [1.29, 1.82) is 0 Å². The van der Waals surface area contributed by atoms with E-state index in [-0.39, 0.29) is 17.5 Å². The first-order valence-corrected chi connectivity index (χ1v) is 11.8. The third-order valence-corrected chi connectivity index (χ3v) is 7.01. The van der Waals surface area contributed by atoms with Gasteiger partial charge < -0.3 is 20.3 Å². The van der Waals surface area contributed by atoms with E-state index in [1.165, 1.54) is 11.0 Å². The average Bonchev–Trinajstić information content (AvgIpc) is 3.48. The fourth-order valence-corrected chi connectivity index (χ4v) is 5.27. The smallest absolute Gasteiger partial charge is 0.407 e. The molecule has 0 radical (unpaired) electrons. The van der Waals surface area contributed by atoms with Crippen molar-refractivity contribution in [3.05, 3.63) is 91.6 Å². The Hall–Kier alpha value is -3.36. The summed E-state index contributed by atoms with van der Waals surface area (Å²) >= 11 is 7.70. The molecule has 7 nitrogen and oxygen atoms in total. The van der Waals surface area contributed by atoms with Crippen LogP contribution in [0.25, 0.3) is 10.9 Å². The molecule has 1 saturated heterocycles. The minimum Gasteiger partial charge on any atom is -0.465 e. The number of aromatic nitrogens is 2. The number of hydrogen-bond donors (Lipinski definition) is 3. The zero-order valence-electron chi connectivity index (χ0n) is 17.5. The van der Waals surface area contributed by atoms with Crippen molar-refractivity contribution in [2.24, 2.45) is 0 Å². The van der Waals surface area contributed by atoms with Gasteiger partial charge in [0.25, 0.3) is 0 Å². The Bertz CT molecular complexity index is 1350. The highest BCUT2D eigenvalue weighted by Crippen LogP contribution is 2.36. The molecule has 2 atom stereocenters. The molecule has 168 valence electrons. The summed E-state index contributed by atoms with van der Waals surface area (Å²) in [5.41, 5.74) is 3.31. The van der Waals surface area contributed by atoms with Gasteiger partial charge in [0.15, 0.2) is 0 Å². The molecule has 3 heterocycles. The number of nitrogens with zero attached hydrogens (tertiary/aromatic N) is 2. The third-order valence-electron chi connectivity index (χ3n) is 5.92. The molecule has 1 fully saturated rings. The lowest BCUT2D eigenvalue weighted by Crippen LogP contribution is -2.30. The predicted molar refractivity (Wildman–Crippen MR) is 131 cm³/mol. The molecule has 3 N–H and O–H groups in total. The number of hydrogen-bond acceptors (Lipinski definition) is 5. The Morgan fingerprint density at radius 2 is 2.00 bits per heavy atom. The first-order valence-electron chi connectivity index (χ1n) is 10.5. The van der Waals surface area contributed by atoms with Gasteiger partial charge in [0.05, 0.1) is 11.4 Å². The standard InChI is InChI=1S/C24H21ClN4O3S/c25-16-4-1-14(2-5-16)22(23-26-8-10-33-23)15-3-6-19-18(11-15)20(12-21(30)28-19)27-17-7-9-29(13-17)24(31)32/h1-6,8,10-12,17,22H,7,9,13H2,(H,31,32)(H2,27,28,30)/t17-,22?/m0/s1. The van der Waals surface area contributed by atoms with Gasteiger partial charge in [-0.2, -0.15) is 0 Å². The van der Waals surface area contributed by atoms with E-state index in [4.69, 9.17) is 11.6 Å². The molecule has 0 aliphatic carbocycles. The van der Waals surface area contributed by atoms with Crippen LogP contribution in [-0.4, -0.2) is 45.2 Å². The zero-order valence-corrected chi connectivity index (χ0v) is 19.1. The Morgan fingerprint density at radius 1 is 1.21 bits per heavy atom. The summed E-state index contributed by atoms with van der Waals surface area (Å²) < 4.78 is 0. The van der Waals surface area contributed by atoms with E-state index < -0.39 is 6.09 Å². The Balaban J connectivity index is 1.57. The summed E-state index contributed by atoms with van der Waals surface area (Å²) in [7, 11) is 0. The first-order chi connectivity index (χ1) is 16.0. The van der Waals surface area contributed by atoms with E-state index in [1.807, 2.05) is 41.8 Å². The monoisotopic (exact) mass is 480 g/mol. The van der Waals surface area contributed by atoms with Crippen molar-refractivity contribution in [2.45, 2.75) is 18.4 Å². The van der Waals surface area contributed by atoms with Crippen molar-refractivity contribution < 1.29 is 9.90 Å². The summed E-state index contributed by atoms with van der Waals surface area (Å²) in [5, 5.41) is 17.1. The molecule has 1 aliphatic rings. The van der Waals surface area contributed by atoms with E-state index in [1.54, 1.807) is 17.5 Å². The number of likely N-dealkylation sites (tertiary alicyclic amines) is 1. The molecule has 5 rings (SSSR count). The molecule has 9 heteroatoms. The fraction of sp³-hybridized carbons (Fsp3) is 0.208. The highest BCUT2D eigenvalue weighted by atomic mass is 35.5. The van der Waals surface area contributed by atoms with Crippen LogP contribution in [-0.2, 0) is 0 Å². The number of aromatic amines is 1. The summed E-state index contributed by atoms with van der Waals surface area (Å²) in [6.45, 7) is 0.859. The lowest BCUT2D eigenvalue weighted by Gasteiger charge is -2.19. The number of carboxylic acid groups (broad SMARTS) is 1. The van der Waals surface area contributed by atoms with Crippen LogP contribution in [0.1, 0.15) is 28.5 Å². The second kappa shape index (κ2) is 8.88. The van der Waals surface area contributed by atoms with E-state index in [2.05, 4.69) is 21.4 Å². The van der Waals surface area contributed by atoms with Crippen LogP contribution in [0.15, 0.2) is 64.9 Å². The topological polar surface area (TPSA) is 98.3 Å². The molecule has 0 saturated carbocycles. The third kappa shape index (κ3) is 4.44. The maximum atomic E-state index is 12.3. The number of benzene rings is 2. The first kappa shape index (κ1) is 21.5. The van der Waals surface area contributed by atoms with E-state index in [0.29, 0.717) is 30.2 Å². The lowest BCUT2D eigenvalue weighted by molar-refractivity contribution is 0.155. The number of amides is 1. The molecule has 0 bridgehead atoms. The molecule has 1 aliphatic heterocycles. The Labute approximate surface area is 198 Å². The van der Waals surface area contributed by atoms with Crippen molar-refractivity contribution in [2.75, 3.05) is 18.4 Å². The van der Waals surface area contributed by atoms with E-state index in [9.17, 15) is 14.7 Å². The largest absolute Gasteiger partial charge is 0.465 e. The molecule has 1 amide bonds. The quantitative estimate of drug-likeness (QED) is 0.374. The highest BCUT2D eigenvalue weighted by Gasteiger charge is 2.26. The number of anilines is 1. The number of rotatable bonds is 5. The van der Waals surface area contributed by atoms with E-state index >= 15 is 0 Å². The SMILES string of the molecule is O=C(O)N1CC[C@H](Nc2cc(=O)[nH]c3ccc(C(c4ccc(Cl)cc4)c4nccs4)cc23)C1. The number of fused-ring (bicyclic) bond motifs is 1. The average molecular weight is 481 g/mol. The molecule has 33 heavy (non-hydrogen) atoms. The summed E-state index contributed by atoms with van der Waals surface area (Å²) in [5.74, 6) is -0.0829. The van der Waals surface area contributed by atoms with Crippen LogP contribution in [0.2, 0.25) is 5.02 Å². The molecular weight excluding hydrogens is 460 g/mol. The second-order valence-corrected chi connectivity index (χ2v) is 9.43. The van der Waals surface area contributed by atoms with Gasteiger partial charge in [0.1, 0.15) is 5.01 Å². The number of halogens is 1. The fourth-order valence-electron chi connectivity index (χ4n) is 4.35. The Kier molecular flexibility index (Phi) is 5.78. The zero-order chi connectivity index (χ0) is 22.9. The van der Waals surface area contributed by atoms with Gasteiger partial charge >= 0.3 is 6.09 Å². The van der Waals surface area contributed by atoms with E-state index in [0.717, 1.165) is 27.0 Å². The number of H-pyrrole nitrogens is 1. The molecule has 1 unspecified atom stereocenters. The van der Waals surface area contributed by atoms with Gasteiger partial charge in [-0.15, -0.1) is 11.3 Å². The van der Waals surface area contributed by atoms with Crippen molar-refractivity contribution in [3.63, 3.8) is 0 Å². The van der Waals surface area contributed by atoms with Gasteiger partial charge in [0.2, 0.25) is 5.56 Å². The van der Waals surface area contributed by atoms with Gasteiger partial charge in [0, 0.05) is 52.9 Å². The minimum absolute atomic E-state index is 0.0548. The number of pyridine rings is 1. The molecule has 2 aromatic heterocycles. The molecule has 2 aromatic carbocycles. The number of thiazole rings is 1. The second-order valence-electron chi connectivity index (χ2n) is 8.07. The molecule has 4 aromatic rings. The van der Waals surface area contributed by atoms with Crippen LogP contribution in [0.3, 0.4) is 0 Å². The predicted octanol–water partition coefficient (Wildman–Crippen LogP) is 4.98. The van der Waals surface area contributed by atoms with Gasteiger partial charge in [-0.25, -0.2) is 9.78 Å².